The molecule has 0 heterocycles. The Bertz CT molecular complexity index is 330. The van der Waals surface area contributed by atoms with Crippen molar-refractivity contribution in [1.82, 2.24) is 0 Å². The smallest absolute Gasteiger partial charge is 0.298 e. The van der Waals surface area contributed by atoms with Gasteiger partial charge in [0.2, 0.25) is 0 Å². The predicted octanol–water partition coefficient (Wildman–Crippen LogP) is 9.47. The maximum absolute atomic E-state index is 11.6. The molecule has 0 aromatic heterocycles. The quantitative estimate of drug-likeness (QED) is 0.0828. The van der Waals surface area contributed by atoms with Crippen LogP contribution in [-0.4, -0.2) is 12.6 Å². The second-order valence-corrected chi connectivity index (χ2v) is 9.10. The molecule has 3 nitrogen and oxygen atoms in total. The van der Waals surface area contributed by atoms with Crippen molar-refractivity contribution < 1.29 is 14.6 Å². The van der Waals surface area contributed by atoms with E-state index in [2.05, 4.69) is 13.8 Å². The lowest BCUT2D eigenvalue weighted by molar-refractivity contribution is -0.272. The van der Waals surface area contributed by atoms with Crippen LogP contribution >= 0.6 is 0 Å². The van der Waals surface area contributed by atoms with Crippen LogP contribution in [0, 0.1) is 0 Å². The molecule has 0 radical (unpaired) electrons. The Morgan fingerprint density at radius 2 is 0.800 bits per heavy atom. The predicted molar refractivity (Wildman–Crippen MR) is 130 cm³/mol. The minimum absolute atomic E-state index is 0.201. The topological polar surface area (TPSA) is 35.5 Å². The molecule has 0 amide bonds. The summed E-state index contributed by atoms with van der Waals surface area (Å²) in [5.74, 6) is -0.201. The number of hydrogen-bond acceptors (Lipinski definition) is 3. The van der Waals surface area contributed by atoms with Crippen LogP contribution in [0.3, 0.4) is 0 Å². The Balaban J connectivity index is 3.12. The summed E-state index contributed by atoms with van der Waals surface area (Å²) in [6.45, 7) is 5.06. The normalized spacial score (nSPS) is 11.1. The van der Waals surface area contributed by atoms with E-state index in [4.69, 9.17) is 9.78 Å². The van der Waals surface area contributed by atoms with Crippen LogP contribution in [0.1, 0.15) is 162 Å². The largest absolute Gasteiger partial charge is 0.342 e. The van der Waals surface area contributed by atoms with Crippen LogP contribution in [-0.2, 0) is 14.6 Å². The van der Waals surface area contributed by atoms with Crippen LogP contribution in [0.4, 0.5) is 0 Å². The van der Waals surface area contributed by atoms with Crippen molar-refractivity contribution in [3.63, 3.8) is 0 Å². The molecule has 0 aliphatic heterocycles. The average Bonchev–Trinajstić information content (AvgIpc) is 2.75. The first-order valence-corrected chi connectivity index (χ1v) is 13.6. The number of carbonyl (C=O) groups excluding carboxylic acids is 1. The fourth-order valence-corrected chi connectivity index (χ4v) is 3.91. The fourth-order valence-electron chi connectivity index (χ4n) is 3.91. The molecule has 0 aromatic rings. The summed E-state index contributed by atoms with van der Waals surface area (Å²) >= 11 is 0. The molecule has 0 aromatic carbocycles. The van der Waals surface area contributed by atoms with Gasteiger partial charge in [0.25, 0.3) is 0 Å². The summed E-state index contributed by atoms with van der Waals surface area (Å²) < 4.78 is 0. The zero-order valence-electron chi connectivity index (χ0n) is 20.7. The van der Waals surface area contributed by atoms with Gasteiger partial charge in [-0.3, -0.25) is 4.89 Å². The molecule has 30 heavy (non-hydrogen) atoms. The van der Waals surface area contributed by atoms with Gasteiger partial charge in [-0.05, 0) is 12.8 Å². The lowest BCUT2D eigenvalue weighted by atomic mass is 10.0. The van der Waals surface area contributed by atoms with Crippen molar-refractivity contribution >= 4 is 5.97 Å². The molecule has 0 unspecified atom stereocenters. The first kappa shape index (κ1) is 29.4. The van der Waals surface area contributed by atoms with Crippen molar-refractivity contribution in [2.75, 3.05) is 6.61 Å². The molecule has 0 fully saturated rings. The highest BCUT2D eigenvalue weighted by Crippen LogP contribution is 2.14. The molecular formula is C27H54O3. The van der Waals surface area contributed by atoms with Gasteiger partial charge in [0.15, 0.2) is 0 Å². The molecule has 0 rings (SSSR count). The van der Waals surface area contributed by atoms with E-state index in [0.29, 0.717) is 13.0 Å². The highest BCUT2D eigenvalue weighted by Gasteiger charge is 2.04. The van der Waals surface area contributed by atoms with Gasteiger partial charge in [-0.15, -0.1) is 0 Å². The molecule has 0 N–H and O–H groups in total. The van der Waals surface area contributed by atoms with Gasteiger partial charge in [-0.25, -0.2) is 4.79 Å². The molecule has 3 heteroatoms. The second kappa shape index (κ2) is 26.5. The van der Waals surface area contributed by atoms with E-state index < -0.39 is 0 Å². The molecule has 0 atom stereocenters. The van der Waals surface area contributed by atoms with E-state index >= 15 is 0 Å². The van der Waals surface area contributed by atoms with Gasteiger partial charge in [0.1, 0.15) is 0 Å². The molecule has 0 spiro atoms. The highest BCUT2D eigenvalue weighted by molar-refractivity contribution is 5.68. The van der Waals surface area contributed by atoms with E-state index in [-0.39, 0.29) is 5.97 Å². The van der Waals surface area contributed by atoms with Crippen LogP contribution in [0.25, 0.3) is 0 Å². The minimum Gasteiger partial charge on any atom is -0.298 e. The van der Waals surface area contributed by atoms with Crippen molar-refractivity contribution in [3.8, 4) is 0 Å². The molecule has 180 valence electrons. The van der Waals surface area contributed by atoms with Gasteiger partial charge >= 0.3 is 5.97 Å². The summed E-state index contributed by atoms with van der Waals surface area (Å²) in [7, 11) is 0. The van der Waals surface area contributed by atoms with Crippen LogP contribution in [0.15, 0.2) is 0 Å². The Hall–Kier alpha value is -0.570. The zero-order valence-corrected chi connectivity index (χ0v) is 20.7. The van der Waals surface area contributed by atoms with Gasteiger partial charge < -0.3 is 0 Å². The molecule has 0 bridgehead atoms. The van der Waals surface area contributed by atoms with Crippen LogP contribution < -0.4 is 0 Å². The number of carbonyl (C=O) groups is 1. The summed E-state index contributed by atoms with van der Waals surface area (Å²) in [4.78, 5) is 21.6. The second-order valence-electron chi connectivity index (χ2n) is 9.10. The summed E-state index contributed by atoms with van der Waals surface area (Å²) in [6.07, 6.45) is 29.3. The number of rotatable bonds is 25. The highest BCUT2D eigenvalue weighted by atomic mass is 17.2. The summed E-state index contributed by atoms with van der Waals surface area (Å²) in [5, 5.41) is 0. The zero-order chi connectivity index (χ0) is 22.0. The SMILES string of the molecule is CCCCCCCCCCCCCCCCCC(=O)OOCCCCCCCCC. The molecule has 0 aliphatic rings. The maximum Gasteiger partial charge on any atom is 0.342 e. The number of hydrogen-bond donors (Lipinski definition) is 0. The Morgan fingerprint density at radius 1 is 0.467 bits per heavy atom. The maximum atomic E-state index is 11.6. The lowest BCUT2D eigenvalue weighted by Gasteiger charge is -2.05. The Labute approximate surface area is 189 Å². The van der Waals surface area contributed by atoms with Gasteiger partial charge in [-0.1, -0.05) is 142 Å². The van der Waals surface area contributed by atoms with Crippen molar-refractivity contribution in [1.29, 1.82) is 0 Å². The van der Waals surface area contributed by atoms with E-state index in [1.54, 1.807) is 0 Å². The minimum atomic E-state index is -0.201. The Kier molecular flexibility index (Phi) is 26.0. The third kappa shape index (κ3) is 25.5. The molecular weight excluding hydrogens is 372 g/mol. The van der Waals surface area contributed by atoms with E-state index in [9.17, 15) is 4.79 Å². The van der Waals surface area contributed by atoms with Gasteiger partial charge in [0, 0.05) is 6.42 Å². The molecule has 0 aliphatic carbocycles. The molecule has 0 saturated carbocycles. The van der Waals surface area contributed by atoms with Gasteiger partial charge in [0.05, 0.1) is 6.61 Å². The van der Waals surface area contributed by atoms with Crippen molar-refractivity contribution in [2.24, 2.45) is 0 Å². The first-order valence-electron chi connectivity index (χ1n) is 13.6. The Morgan fingerprint density at radius 3 is 1.20 bits per heavy atom. The van der Waals surface area contributed by atoms with Crippen LogP contribution in [0.5, 0.6) is 0 Å². The monoisotopic (exact) mass is 426 g/mol. The summed E-state index contributed by atoms with van der Waals surface area (Å²) in [6, 6.07) is 0. The molecule has 0 saturated heterocycles. The summed E-state index contributed by atoms with van der Waals surface area (Å²) in [5.41, 5.74) is 0. The van der Waals surface area contributed by atoms with Crippen molar-refractivity contribution in [2.45, 2.75) is 162 Å². The third-order valence-corrected chi connectivity index (χ3v) is 5.97. The first-order chi connectivity index (χ1) is 14.8. The van der Waals surface area contributed by atoms with Crippen LogP contribution in [0.2, 0.25) is 0 Å². The lowest BCUT2D eigenvalue weighted by Crippen LogP contribution is -2.06. The fraction of sp³-hybridized carbons (Fsp3) is 0.963. The van der Waals surface area contributed by atoms with Crippen molar-refractivity contribution in [3.05, 3.63) is 0 Å². The van der Waals surface area contributed by atoms with E-state index in [1.807, 2.05) is 0 Å². The number of unbranched alkanes of at least 4 members (excludes halogenated alkanes) is 20. The third-order valence-electron chi connectivity index (χ3n) is 5.97. The average molecular weight is 427 g/mol. The van der Waals surface area contributed by atoms with Gasteiger partial charge in [-0.2, -0.15) is 4.89 Å². The standard InChI is InChI=1S/C27H54O3/c1-3-5-7-9-11-12-13-14-15-16-17-18-19-21-23-25-27(28)30-29-26-24-22-20-10-8-6-4-2/h3-26H2,1-2H3. The van der Waals surface area contributed by atoms with E-state index in [1.165, 1.54) is 122 Å². The van der Waals surface area contributed by atoms with E-state index in [0.717, 1.165) is 19.3 Å².